The normalized spacial score (nSPS) is 17.2. The number of rotatable bonds is 3. The molecule has 5 nitrogen and oxygen atoms in total. The zero-order chi connectivity index (χ0) is 19.0. The van der Waals surface area contributed by atoms with Crippen LogP contribution in [0.1, 0.15) is 23.7 Å². The standard InChI is InChI=1S/C22H25N3O2/c1-16-13-24(14-18-9-7-8-12-21(18)27-16)15-20-17(2)23(3)25(22(20)26)19-10-5-4-6-11-19/h4-12,16H,13-15H2,1-3H3. The summed E-state index contributed by atoms with van der Waals surface area (Å²) in [6.45, 7) is 6.27. The second-order valence-corrected chi connectivity index (χ2v) is 7.25. The molecule has 1 aliphatic heterocycles. The summed E-state index contributed by atoms with van der Waals surface area (Å²) in [6, 6.07) is 17.9. The highest BCUT2D eigenvalue weighted by molar-refractivity contribution is 5.35. The summed E-state index contributed by atoms with van der Waals surface area (Å²) in [7, 11) is 1.94. The van der Waals surface area contributed by atoms with Gasteiger partial charge in [-0.15, -0.1) is 0 Å². The second-order valence-electron chi connectivity index (χ2n) is 7.25. The van der Waals surface area contributed by atoms with E-state index >= 15 is 0 Å². The minimum Gasteiger partial charge on any atom is -0.489 e. The molecular formula is C22H25N3O2. The maximum Gasteiger partial charge on any atom is 0.276 e. The topological polar surface area (TPSA) is 39.4 Å². The molecule has 4 rings (SSSR count). The number of aromatic nitrogens is 2. The van der Waals surface area contributed by atoms with Crippen molar-refractivity contribution < 1.29 is 4.74 Å². The molecular weight excluding hydrogens is 338 g/mol. The van der Waals surface area contributed by atoms with Crippen molar-refractivity contribution >= 4 is 0 Å². The maximum absolute atomic E-state index is 13.2. The molecule has 140 valence electrons. The Morgan fingerprint density at radius 2 is 1.78 bits per heavy atom. The lowest BCUT2D eigenvalue weighted by molar-refractivity contribution is 0.156. The molecule has 2 heterocycles. The van der Waals surface area contributed by atoms with Crippen LogP contribution in [0.3, 0.4) is 0 Å². The molecule has 0 aliphatic carbocycles. The van der Waals surface area contributed by atoms with E-state index in [0.717, 1.165) is 35.8 Å². The molecule has 0 saturated carbocycles. The van der Waals surface area contributed by atoms with Crippen molar-refractivity contribution in [3.05, 3.63) is 81.8 Å². The fourth-order valence-corrected chi connectivity index (χ4v) is 3.82. The Morgan fingerprint density at radius 3 is 2.56 bits per heavy atom. The molecule has 0 radical (unpaired) electrons. The average molecular weight is 363 g/mol. The molecule has 2 aromatic carbocycles. The summed E-state index contributed by atoms with van der Waals surface area (Å²) in [5, 5.41) is 0. The van der Waals surface area contributed by atoms with Crippen molar-refractivity contribution in [2.24, 2.45) is 7.05 Å². The lowest BCUT2D eigenvalue weighted by atomic mass is 10.1. The minimum absolute atomic E-state index is 0.0484. The van der Waals surface area contributed by atoms with Gasteiger partial charge in [0.05, 0.1) is 11.3 Å². The van der Waals surface area contributed by atoms with Crippen molar-refractivity contribution in [3.8, 4) is 11.4 Å². The van der Waals surface area contributed by atoms with Crippen LogP contribution in [-0.2, 0) is 20.1 Å². The van der Waals surface area contributed by atoms with Crippen LogP contribution in [-0.4, -0.2) is 26.9 Å². The highest BCUT2D eigenvalue weighted by Gasteiger charge is 2.23. The number of ether oxygens (including phenoxy) is 1. The Morgan fingerprint density at radius 1 is 1.07 bits per heavy atom. The first-order chi connectivity index (χ1) is 13.0. The van der Waals surface area contributed by atoms with E-state index in [2.05, 4.69) is 17.9 Å². The van der Waals surface area contributed by atoms with Gasteiger partial charge >= 0.3 is 0 Å². The Bertz CT molecular complexity index is 1000. The fraction of sp³-hybridized carbons (Fsp3) is 0.318. The molecule has 1 atom stereocenters. The summed E-state index contributed by atoms with van der Waals surface area (Å²) in [5.41, 5.74) is 3.94. The molecule has 27 heavy (non-hydrogen) atoms. The van der Waals surface area contributed by atoms with Gasteiger partial charge in [0.1, 0.15) is 11.9 Å². The van der Waals surface area contributed by atoms with Crippen molar-refractivity contribution in [3.63, 3.8) is 0 Å². The van der Waals surface area contributed by atoms with Crippen LogP contribution >= 0.6 is 0 Å². The molecule has 3 aromatic rings. The fourth-order valence-electron chi connectivity index (χ4n) is 3.82. The smallest absolute Gasteiger partial charge is 0.276 e. The van der Waals surface area contributed by atoms with E-state index in [4.69, 9.17) is 4.74 Å². The van der Waals surface area contributed by atoms with Crippen LogP contribution in [0.2, 0.25) is 0 Å². The van der Waals surface area contributed by atoms with E-state index < -0.39 is 0 Å². The van der Waals surface area contributed by atoms with E-state index in [1.165, 1.54) is 5.56 Å². The molecule has 1 aromatic heterocycles. The number of para-hydroxylation sites is 2. The van der Waals surface area contributed by atoms with Gasteiger partial charge in [-0.1, -0.05) is 36.4 Å². The van der Waals surface area contributed by atoms with Crippen LogP contribution in [0.5, 0.6) is 5.75 Å². The average Bonchev–Trinajstić information content (AvgIpc) is 2.80. The molecule has 0 spiro atoms. The monoisotopic (exact) mass is 363 g/mol. The number of nitrogens with zero attached hydrogens (tertiary/aromatic N) is 3. The minimum atomic E-state index is 0.0484. The van der Waals surface area contributed by atoms with Gasteiger partial charge in [-0.3, -0.25) is 14.4 Å². The highest BCUT2D eigenvalue weighted by Crippen LogP contribution is 2.25. The summed E-state index contributed by atoms with van der Waals surface area (Å²) in [6.07, 6.45) is 0.0778. The number of hydrogen-bond acceptors (Lipinski definition) is 3. The number of fused-ring (bicyclic) bond motifs is 1. The highest BCUT2D eigenvalue weighted by atomic mass is 16.5. The van der Waals surface area contributed by atoms with Gasteiger partial charge in [0.25, 0.3) is 5.56 Å². The largest absolute Gasteiger partial charge is 0.489 e. The summed E-state index contributed by atoms with van der Waals surface area (Å²) in [5.74, 6) is 0.944. The van der Waals surface area contributed by atoms with Crippen molar-refractivity contribution in [2.75, 3.05) is 6.54 Å². The first kappa shape index (κ1) is 17.6. The van der Waals surface area contributed by atoms with Crippen LogP contribution in [0.15, 0.2) is 59.4 Å². The van der Waals surface area contributed by atoms with E-state index in [0.29, 0.717) is 6.54 Å². The van der Waals surface area contributed by atoms with Gasteiger partial charge in [-0.05, 0) is 32.0 Å². The Kier molecular flexibility index (Phi) is 4.62. The zero-order valence-corrected chi connectivity index (χ0v) is 16.1. The molecule has 1 unspecified atom stereocenters. The third kappa shape index (κ3) is 3.30. The molecule has 1 aliphatic rings. The van der Waals surface area contributed by atoms with E-state index in [-0.39, 0.29) is 11.7 Å². The molecule has 0 amide bonds. The van der Waals surface area contributed by atoms with Crippen molar-refractivity contribution in [2.45, 2.75) is 33.0 Å². The predicted molar refractivity (Wildman–Crippen MR) is 106 cm³/mol. The van der Waals surface area contributed by atoms with Crippen molar-refractivity contribution in [1.82, 2.24) is 14.3 Å². The van der Waals surface area contributed by atoms with Gasteiger partial charge < -0.3 is 4.74 Å². The first-order valence-corrected chi connectivity index (χ1v) is 9.34. The summed E-state index contributed by atoms with van der Waals surface area (Å²) >= 11 is 0. The molecule has 5 heteroatoms. The zero-order valence-electron chi connectivity index (χ0n) is 16.1. The molecule has 0 N–H and O–H groups in total. The van der Waals surface area contributed by atoms with E-state index in [1.54, 1.807) is 4.68 Å². The Hall–Kier alpha value is -2.79. The van der Waals surface area contributed by atoms with Crippen molar-refractivity contribution in [1.29, 1.82) is 0 Å². The Labute approximate surface area is 159 Å². The predicted octanol–water partition coefficient (Wildman–Crippen LogP) is 3.27. The molecule has 0 bridgehead atoms. The Balaban J connectivity index is 1.68. The third-order valence-electron chi connectivity index (χ3n) is 5.27. The SMILES string of the molecule is Cc1c(CN2Cc3ccccc3OC(C)C2)c(=O)n(-c2ccccc2)n1C. The number of benzene rings is 2. The van der Waals surface area contributed by atoms with E-state index in [1.807, 2.05) is 67.2 Å². The van der Waals surface area contributed by atoms with Crippen LogP contribution in [0.4, 0.5) is 0 Å². The van der Waals surface area contributed by atoms with E-state index in [9.17, 15) is 4.79 Å². The van der Waals surface area contributed by atoms with Crippen LogP contribution < -0.4 is 10.3 Å². The second kappa shape index (κ2) is 7.08. The third-order valence-corrected chi connectivity index (χ3v) is 5.27. The van der Waals surface area contributed by atoms with Gasteiger partial charge in [-0.25, -0.2) is 4.68 Å². The molecule has 0 fully saturated rings. The van der Waals surface area contributed by atoms with Gasteiger partial charge in [0.2, 0.25) is 0 Å². The van der Waals surface area contributed by atoms with Gasteiger partial charge in [0.15, 0.2) is 0 Å². The summed E-state index contributed by atoms with van der Waals surface area (Å²) < 4.78 is 9.74. The van der Waals surface area contributed by atoms with Gasteiger partial charge in [0, 0.05) is 37.9 Å². The van der Waals surface area contributed by atoms with Crippen LogP contribution in [0, 0.1) is 6.92 Å². The van der Waals surface area contributed by atoms with Crippen LogP contribution in [0.25, 0.3) is 5.69 Å². The lowest BCUT2D eigenvalue weighted by Gasteiger charge is -2.21. The first-order valence-electron chi connectivity index (χ1n) is 9.34. The lowest BCUT2D eigenvalue weighted by Crippen LogP contribution is -2.32. The number of hydrogen-bond donors (Lipinski definition) is 0. The maximum atomic E-state index is 13.2. The van der Waals surface area contributed by atoms with Gasteiger partial charge in [-0.2, -0.15) is 0 Å². The summed E-state index contributed by atoms with van der Waals surface area (Å²) in [4.78, 5) is 15.5. The molecule has 0 saturated heterocycles. The quantitative estimate of drug-likeness (QED) is 0.717.